The van der Waals surface area contributed by atoms with Crippen molar-refractivity contribution in [1.82, 2.24) is 5.32 Å². The second-order valence-corrected chi connectivity index (χ2v) is 4.13. The first-order valence-corrected chi connectivity index (χ1v) is 5.46. The molecule has 1 saturated heterocycles. The molecule has 0 aliphatic carbocycles. The third kappa shape index (κ3) is 2.65. The lowest BCUT2D eigenvalue weighted by Crippen LogP contribution is -2.20. The normalized spacial score (nSPS) is 19.3. The first kappa shape index (κ1) is 12.1. The second-order valence-electron chi connectivity index (χ2n) is 3.72. The van der Waals surface area contributed by atoms with E-state index in [1.165, 1.54) is 0 Å². The lowest BCUT2D eigenvalue weighted by molar-refractivity contribution is -0.386. The van der Waals surface area contributed by atoms with Gasteiger partial charge in [0, 0.05) is 18.7 Å². The van der Waals surface area contributed by atoms with Gasteiger partial charge in [-0.15, -0.1) is 0 Å². The molecule has 1 heterocycles. The highest BCUT2D eigenvalue weighted by atomic mass is 35.5. The maximum absolute atomic E-state index is 13.2. The van der Waals surface area contributed by atoms with Crippen molar-refractivity contribution in [3.05, 3.63) is 33.1 Å². The van der Waals surface area contributed by atoms with Crippen molar-refractivity contribution >= 4 is 17.3 Å². The van der Waals surface area contributed by atoms with E-state index in [4.69, 9.17) is 16.3 Å². The lowest BCUT2D eigenvalue weighted by atomic mass is 10.2. The first-order chi connectivity index (χ1) is 8.08. The summed E-state index contributed by atoms with van der Waals surface area (Å²) in [4.78, 5) is 10.2. The molecular weight excluding hydrogens is 251 g/mol. The zero-order chi connectivity index (χ0) is 12.4. The number of hydrogen-bond acceptors (Lipinski definition) is 4. The molecule has 0 spiro atoms. The summed E-state index contributed by atoms with van der Waals surface area (Å²) in [6.07, 6.45) is 0.566. The predicted molar refractivity (Wildman–Crippen MR) is 60.0 cm³/mol. The van der Waals surface area contributed by atoms with Crippen molar-refractivity contribution in [1.29, 1.82) is 0 Å². The molecular formula is C10H10ClFN2O3. The van der Waals surface area contributed by atoms with Gasteiger partial charge in [-0.05, 0) is 13.0 Å². The number of benzene rings is 1. The molecule has 1 aromatic rings. The maximum Gasteiger partial charge on any atom is 0.312 e. The van der Waals surface area contributed by atoms with Gasteiger partial charge in [0.15, 0.2) is 5.75 Å². The van der Waals surface area contributed by atoms with Gasteiger partial charge in [0.1, 0.15) is 11.9 Å². The third-order valence-electron chi connectivity index (χ3n) is 2.51. The number of rotatable bonds is 3. The quantitative estimate of drug-likeness (QED) is 0.668. The van der Waals surface area contributed by atoms with E-state index in [1.807, 2.05) is 0 Å². The van der Waals surface area contributed by atoms with E-state index >= 15 is 0 Å². The molecule has 1 aliphatic heterocycles. The number of nitrogens with zero attached hydrogens (tertiary/aromatic N) is 1. The van der Waals surface area contributed by atoms with Gasteiger partial charge in [0.25, 0.3) is 0 Å². The van der Waals surface area contributed by atoms with E-state index in [2.05, 4.69) is 5.32 Å². The van der Waals surface area contributed by atoms with Gasteiger partial charge in [-0.3, -0.25) is 10.1 Å². The van der Waals surface area contributed by atoms with Gasteiger partial charge in [-0.25, -0.2) is 4.39 Å². The van der Waals surface area contributed by atoms with Crippen LogP contribution in [0.25, 0.3) is 0 Å². The molecule has 5 nitrogen and oxygen atoms in total. The van der Waals surface area contributed by atoms with Gasteiger partial charge in [-0.2, -0.15) is 0 Å². The summed E-state index contributed by atoms with van der Waals surface area (Å²) in [6, 6.07) is 1.92. The smallest absolute Gasteiger partial charge is 0.312 e. The molecule has 92 valence electrons. The molecule has 7 heteroatoms. The van der Waals surface area contributed by atoms with Crippen LogP contribution in [0.5, 0.6) is 5.75 Å². The van der Waals surface area contributed by atoms with E-state index in [0.717, 1.165) is 25.1 Å². The SMILES string of the molecule is O=[N+]([O-])c1cc(Cl)c(F)cc1OC1CCNC1. The Labute approximate surface area is 102 Å². The van der Waals surface area contributed by atoms with Crippen LogP contribution in [0.15, 0.2) is 12.1 Å². The van der Waals surface area contributed by atoms with E-state index in [0.29, 0.717) is 6.54 Å². The van der Waals surface area contributed by atoms with Gasteiger partial charge < -0.3 is 10.1 Å². The molecule has 1 fully saturated rings. The van der Waals surface area contributed by atoms with Gasteiger partial charge in [-0.1, -0.05) is 11.6 Å². The van der Waals surface area contributed by atoms with Crippen LogP contribution in [0.3, 0.4) is 0 Å². The summed E-state index contributed by atoms with van der Waals surface area (Å²) in [5, 5.41) is 13.6. The van der Waals surface area contributed by atoms with E-state index in [-0.39, 0.29) is 22.6 Å². The van der Waals surface area contributed by atoms with Gasteiger partial charge >= 0.3 is 5.69 Å². The second kappa shape index (κ2) is 4.85. The Balaban J connectivity index is 2.29. The summed E-state index contributed by atoms with van der Waals surface area (Å²) in [5.41, 5.74) is -0.316. The number of halogens is 2. The fourth-order valence-electron chi connectivity index (χ4n) is 1.66. The number of ether oxygens (including phenoxy) is 1. The monoisotopic (exact) mass is 260 g/mol. The van der Waals surface area contributed by atoms with Crippen LogP contribution in [0.2, 0.25) is 5.02 Å². The van der Waals surface area contributed by atoms with Gasteiger partial charge in [0.2, 0.25) is 0 Å². The molecule has 1 aliphatic rings. The van der Waals surface area contributed by atoms with Crippen molar-refractivity contribution in [2.24, 2.45) is 0 Å². The average molecular weight is 261 g/mol. The molecule has 0 bridgehead atoms. The standard InChI is InChI=1S/C10H10ClFN2O3/c11-7-3-9(14(15)16)10(4-8(7)12)17-6-1-2-13-5-6/h3-4,6,13H,1-2,5H2. The van der Waals surface area contributed by atoms with E-state index in [1.54, 1.807) is 0 Å². The third-order valence-corrected chi connectivity index (χ3v) is 2.80. The van der Waals surface area contributed by atoms with Crippen molar-refractivity contribution in [2.45, 2.75) is 12.5 Å². The summed E-state index contributed by atoms with van der Waals surface area (Å²) in [6.45, 7) is 1.38. The fraction of sp³-hybridized carbons (Fsp3) is 0.400. The van der Waals surface area contributed by atoms with Gasteiger partial charge in [0.05, 0.1) is 9.95 Å². The van der Waals surface area contributed by atoms with Crippen LogP contribution in [0, 0.1) is 15.9 Å². The largest absolute Gasteiger partial charge is 0.482 e. The highest BCUT2D eigenvalue weighted by Crippen LogP contribution is 2.33. The molecule has 17 heavy (non-hydrogen) atoms. The van der Waals surface area contributed by atoms with Crippen LogP contribution >= 0.6 is 11.6 Å². The van der Waals surface area contributed by atoms with Crippen molar-refractivity contribution in [3.8, 4) is 5.75 Å². The Kier molecular flexibility index (Phi) is 3.44. The molecule has 1 atom stereocenters. The van der Waals surface area contributed by atoms with Crippen LogP contribution in [-0.2, 0) is 0 Å². The number of nitro benzene ring substituents is 1. The average Bonchev–Trinajstić information content (AvgIpc) is 2.75. The van der Waals surface area contributed by atoms with Crippen molar-refractivity contribution in [2.75, 3.05) is 13.1 Å². The molecule has 1 N–H and O–H groups in total. The first-order valence-electron chi connectivity index (χ1n) is 5.08. The maximum atomic E-state index is 13.2. The number of hydrogen-bond donors (Lipinski definition) is 1. The van der Waals surface area contributed by atoms with Crippen molar-refractivity contribution < 1.29 is 14.1 Å². The highest BCUT2D eigenvalue weighted by molar-refractivity contribution is 6.31. The predicted octanol–water partition coefficient (Wildman–Crippen LogP) is 2.13. The Morgan fingerprint density at radius 1 is 1.59 bits per heavy atom. The molecule has 1 aromatic carbocycles. The summed E-state index contributed by atoms with van der Waals surface area (Å²) >= 11 is 5.50. The van der Waals surface area contributed by atoms with Crippen molar-refractivity contribution in [3.63, 3.8) is 0 Å². The number of nitro groups is 1. The molecule has 0 saturated carbocycles. The summed E-state index contributed by atoms with van der Waals surface area (Å²) in [5.74, 6) is -0.802. The Morgan fingerprint density at radius 2 is 2.35 bits per heavy atom. The zero-order valence-corrected chi connectivity index (χ0v) is 9.54. The highest BCUT2D eigenvalue weighted by Gasteiger charge is 2.23. The lowest BCUT2D eigenvalue weighted by Gasteiger charge is -2.12. The fourth-order valence-corrected chi connectivity index (χ4v) is 1.82. The summed E-state index contributed by atoms with van der Waals surface area (Å²) < 4.78 is 18.6. The zero-order valence-electron chi connectivity index (χ0n) is 8.78. The number of nitrogens with one attached hydrogen (secondary N) is 1. The molecule has 0 aromatic heterocycles. The van der Waals surface area contributed by atoms with Crippen LogP contribution in [0.4, 0.5) is 10.1 Å². The minimum Gasteiger partial charge on any atom is -0.482 e. The minimum atomic E-state index is -0.724. The van der Waals surface area contributed by atoms with E-state index < -0.39 is 10.7 Å². The Hall–Kier alpha value is -1.40. The van der Waals surface area contributed by atoms with Crippen LogP contribution < -0.4 is 10.1 Å². The van der Waals surface area contributed by atoms with E-state index in [9.17, 15) is 14.5 Å². The van der Waals surface area contributed by atoms with Crippen LogP contribution in [0.1, 0.15) is 6.42 Å². The Bertz CT molecular complexity index is 449. The molecule has 1 unspecified atom stereocenters. The minimum absolute atomic E-state index is 0.0781. The molecule has 2 rings (SSSR count). The molecule has 0 amide bonds. The van der Waals surface area contributed by atoms with Crippen LogP contribution in [-0.4, -0.2) is 24.1 Å². The topological polar surface area (TPSA) is 64.4 Å². The summed E-state index contributed by atoms with van der Waals surface area (Å²) in [7, 11) is 0. The molecule has 0 radical (unpaired) electrons. The Morgan fingerprint density at radius 3 is 2.94 bits per heavy atom.